The summed E-state index contributed by atoms with van der Waals surface area (Å²) < 4.78 is 10.6. The van der Waals surface area contributed by atoms with Gasteiger partial charge in [-0.3, -0.25) is 4.79 Å². The van der Waals surface area contributed by atoms with E-state index in [-0.39, 0.29) is 12.0 Å². The molecule has 0 radical (unpaired) electrons. The van der Waals surface area contributed by atoms with E-state index in [1.54, 1.807) is 38.5 Å². The molecule has 0 spiro atoms. The van der Waals surface area contributed by atoms with Crippen LogP contribution in [0.5, 0.6) is 5.75 Å². The van der Waals surface area contributed by atoms with Crippen LogP contribution in [0.25, 0.3) is 0 Å². The highest BCUT2D eigenvalue weighted by atomic mass is 35.5. The zero-order valence-corrected chi connectivity index (χ0v) is 13.3. The van der Waals surface area contributed by atoms with E-state index in [0.29, 0.717) is 17.1 Å². The summed E-state index contributed by atoms with van der Waals surface area (Å²) in [5.74, 6) is 0.521. The Morgan fingerprint density at radius 1 is 1.18 bits per heavy atom. The summed E-state index contributed by atoms with van der Waals surface area (Å²) in [5.41, 5.74) is 1.38. The third-order valence-corrected chi connectivity index (χ3v) is 3.65. The van der Waals surface area contributed by atoms with Gasteiger partial charge in [0.25, 0.3) is 5.91 Å². The predicted molar refractivity (Wildman–Crippen MR) is 86.5 cm³/mol. The minimum Gasteiger partial charge on any atom is -0.497 e. The van der Waals surface area contributed by atoms with Crippen molar-refractivity contribution in [1.29, 1.82) is 0 Å². The topological polar surface area (TPSA) is 47.6 Å². The van der Waals surface area contributed by atoms with E-state index in [0.717, 1.165) is 11.3 Å². The Labute approximate surface area is 135 Å². The van der Waals surface area contributed by atoms with Crippen LogP contribution in [-0.2, 0) is 4.74 Å². The number of benzene rings is 2. The van der Waals surface area contributed by atoms with Gasteiger partial charge >= 0.3 is 0 Å². The molecule has 1 amide bonds. The Morgan fingerprint density at radius 3 is 2.64 bits per heavy atom. The molecule has 0 aliphatic rings. The van der Waals surface area contributed by atoms with Crippen molar-refractivity contribution in [3.05, 3.63) is 64.7 Å². The van der Waals surface area contributed by atoms with Gasteiger partial charge in [-0.15, -0.1) is 0 Å². The normalized spacial score (nSPS) is 11.8. The second-order valence-corrected chi connectivity index (χ2v) is 5.10. The first kappa shape index (κ1) is 16.3. The van der Waals surface area contributed by atoms with Crippen LogP contribution in [0.4, 0.5) is 0 Å². The van der Waals surface area contributed by atoms with Crippen molar-refractivity contribution in [3.8, 4) is 5.75 Å². The molecule has 0 aliphatic heterocycles. The van der Waals surface area contributed by atoms with Crippen LogP contribution in [0, 0.1) is 0 Å². The third kappa shape index (κ3) is 4.00. The highest BCUT2D eigenvalue weighted by Crippen LogP contribution is 2.21. The zero-order chi connectivity index (χ0) is 15.9. The number of nitrogens with one attached hydrogen (secondary N) is 1. The molecule has 0 saturated heterocycles. The SMILES string of the molecule is COc1cccc([C@@H](CNC(=O)c2ccccc2Cl)OC)c1. The van der Waals surface area contributed by atoms with Crippen molar-refractivity contribution in [3.63, 3.8) is 0 Å². The van der Waals surface area contributed by atoms with E-state index in [1.807, 2.05) is 24.3 Å². The second-order valence-electron chi connectivity index (χ2n) is 4.69. The molecule has 1 atom stereocenters. The summed E-state index contributed by atoms with van der Waals surface area (Å²) in [4.78, 5) is 12.2. The largest absolute Gasteiger partial charge is 0.497 e. The number of halogens is 1. The Bertz CT molecular complexity index is 645. The van der Waals surface area contributed by atoms with Crippen molar-refractivity contribution in [2.24, 2.45) is 0 Å². The molecule has 0 saturated carbocycles. The van der Waals surface area contributed by atoms with Crippen LogP contribution in [0.15, 0.2) is 48.5 Å². The number of amides is 1. The summed E-state index contributed by atoms with van der Waals surface area (Å²) >= 11 is 6.02. The maximum atomic E-state index is 12.2. The summed E-state index contributed by atoms with van der Waals surface area (Å²) in [5, 5.41) is 3.26. The van der Waals surface area contributed by atoms with Crippen molar-refractivity contribution < 1.29 is 14.3 Å². The van der Waals surface area contributed by atoms with Gasteiger partial charge in [-0.1, -0.05) is 35.9 Å². The maximum Gasteiger partial charge on any atom is 0.252 e. The molecule has 0 heterocycles. The van der Waals surface area contributed by atoms with Gasteiger partial charge in [-0.2, -0.15) is 0 Å². The van der Waals surface area contributed by atoms with Crippen molar-refractivity contribution in [1.82, 2.24) is 5.32 Å². The van der Waals surface area contributed by atoms with E-state index in [9.17, 15) is 4.79 Å². The average Bonchev–Trinajstić information content (AvgIpc) is 2.56. The van der Waals surface area contributed by atoms with Crippen LogP contribution in [0.3, 0.4) is 0 Å². The first-order valence-corrected chi connectivity index (χ1v) is 7.23. The number of rotatable bonds is 6. The fraction of sp³-hybridized carbons (Fsp3) is 0.235. The van der Waals surface area contributed by atoms with Crippen LogP contribution < -0.4 is 10.1 Å². The van der Waals surface area contributed by atoms with Crippen LogP contribution >= 0.6 is 11.6 Å². The molecule has 5 heteroatoms. The number of methoxy groups -OCH3 is 2. The molecule has 1 N–H and O–H groups in total. The molecule has 22 heavy (non-hydrogen) atoms. The van der Waals surface area contributed by atoms with E-state index in [2.05, 4.69) is 5.32 Å². The summed E-state index contributed by atoms with van der Waals surface area (Å²) in [7, 11) is 3.21. The maximum absolute atomic E-state index is 12.2. The summed E-state index contributed by atoms with van der Waals surface area (Å²) in [6, 6.07) is 14.5. The van der Waals surface area contributed by atoms with Gasteiger partial charge in [0.2, 0.25) is 0 Å². The Balaban J connectivity index is 2.05. The second kappa shape index (κ2) is 7.82. The minimum absolute atomic E-state index is 0.226. The Kier molecular flexibility index (Phi) is 5.81. The van der Waals surface area contributed by atoms with Gasteiger partial charge < -0.3 is 14.8 Å². The minimum atomic E-state index is -0.262. The van der Waals surface area contributed by atoms with Gasteiger partial charge in [0.1, 0.15) is 5.75 Å². The van der Waals surface area contributed by atoms with E-state index >= 15 is 0 Å². The quantitative estimate of drug-likeness (QED) is 0.887. The standard InChI is InChI=1S/C17H18ClNO3/c1-21-13-7-5-6-12(10-13)16(22-2)11-19-17(20)14-8-3-4-9-15(14)18/h3-10,16H,11H2,1-2H3,(H,19,20)/t16-/m1/s1. The monoisotopic (exact) mass is 319 g/mol. The van der Waals surface area contributed by atoms with Gasteiger partial charge in [0.15, 0.2) is 0 Å². The molecule has 2 aromatic carbocycles. The predicted octanol–water partition coefficient (Wildman–Crippen LogP) is 3.47. The Morgan fingerprint density at radius 2 is 1.95 bits per heavy atom. The lowest BCUT2D eigenvalue weighted by Crippen LogP contribution is -2.29. The van der Waals surface area contributed by atoms with Gasteiger partial charge in [0, 0.05) is 13.7 Å². The van der Waals surface area contributed by atoms with Crippen LogP contribution in [0.1, 0.15) is 22.0 Å². The van der Waals surface area contributed by atoms with Gasteiger partial charge in [0.05, 0.1) is 23.8 Å². The molecule has 116 valence electrons. The fourth-order valence-electron chi connectivity index (χ4n) is 2.11. The Hall–Kier alpha value is -2.04. The van der Waals surface area contributed by atoms with Crippen molar-refractivity contribution in [2.45, 2.75) is 6.10 Å². The van der Waals surface area contributed by atoms with Crippen LogP contribution in [0.2, 0.25) is 5.02 Å². The molecular formula is C17H18ClNO3. The number of hydrogen-bond donors (Lipinski definition) is 1. The van der Waals surface area contributed by atoms with Crippen molar-refractivity contribution >= 4 is 17.5 Å². The number of hydrogen-bond acceptors (Lipinski definition) is 3. The lowest BCUT2D eigenvalue weighted by atomic mass is 10.1. The van der Waals surface area contributed by atoms with Gasteiger partial charge in [-0.05, 0) is 29.8 Å². The molecular weight excluding hydrogens is 302 g/mol. The highest BCUT2D eigenvalue weighted by Gasteiger charge is 2.15. The molecule has 0 aliphatic carbocycles. The summed E-state index contributed by atoms with van der Waals surface area (Å²) in [6.07, 6.45) is -0.262. The number of ether oxygens (including phenoxy) is 2. The molecule has 0 fully saturated rings. The van der Waals surface area contributed by atoms with Crippen LogP contribution in [-0.4, -0.2) is 26.7 Å². The number of carbonyl (C=O) groups is 1. The smallest absolute Gasteiger partial charge is 0.252 e. The molecule has 2 rings (SSSR count). The third-order valence-electron chi connectivity index (χ3n) is 3.32. The van der Waals surface area contributed by atoms with Gasteiger partial charge in [-0.25, -0.2) is 0 Å². The van der Waals surface area contributed by atoms with E-state index in [4.69, 9.17) is 21.1 Å². The summed E-state index contributed by atoms with van der Waals surface area (Å²) in [6.45, 7) is 0.341. The highest BCUT2D eigenvalue weighted by molar-refractivity contribution is 6.33. The zero-order valence-electron chi connectivity index (χ0n) is 12.5. The number of carbonyl (C=O) groups excluding carboxylic acids is 1. The molecule has 4 nitrogen and oxygen atoms in total. The lowest BCUT2D eigenvalue weighted by molar-refractivity contribution is 0.0827. The first-order valence-electron chi connectivity index (χ1n) is 6.85. The molecule has 2 aromatic rings. The van der Waals surface area contributed by atoms with E-state index < -0.39 is 0 Å². The average molecular weight is 320 g/mol. The molecule has 0 unspecified atom stereocenters. The van der Waals surface area contributed by atoms with E-state index in [1.165, 1.54) is 0 Å². The molecule has 0 bridgehead atoms. The first-order chi connectivity index (χ1) is 10.7. The van der Waals surface area contributed by atoms with Crippen molar-refractivity contribution in [2.75, 3.05) is 20.8 Å². The molecule has 0 aromatic heterocycles. The fourth-order valence-corrected chi connectivity index (χ4v) is 2.33. The lowest BCUT2D eigenvalue weighted by Gasteiger charge is -2.17.